The molecule has 0 saturated carbocycles. The van der Waals surface area contributed by atoms with E-state index >= 15 is 0 Å². The van der Waals surface area contributed by atoms with Crippen LogP contribution in [0.25, 0.3) is 0 Å². The maximum absolute atomic E-state index is 13.8. The summed E-state index contributed by atoms with van der Waals surface area (Å²) in [5.74, 6) is -0.312. The Morgan fingerprint density at radius 2 is 2.29 bits per heavy atom. The largest absolute Gasteiger partial charge is 0.444 e. The third-order valence-electron chi connectivity index (χ3n) is 2.95. The van der Waals surface area contributed by atoms with Crippen LogP contribution < -0.4 is 5.32 Å². The van der Waals surface area contributed by atoms with Crippen LogP contribution in [0.3, 0.4) is 0 Å². The lowest BCUT2D eigenvalue weighted by atomic mass is 9.98. The number of nitrogens with one attached hydrogen (secondary N) is 1. The van der Waals surface area contributed by atoms with Crippen molar-refractivity contribution in [1.29, 1.82) is 0 Å². The predicted octanol–water partition coefficient (Wildman–Crippen LogP) is 3.80. The maximum Gasteiger partial charge on any atom is 0.407 e. The van der Waals surface area contributed by atoms with Crippen LogP contribution >= 0.6 is 11.3 Å². The SMILES string of the molecule is C=C1CO[C@H](c2sccc2F)[C@@H](NC(=O)OC(C)(C)C)C1. The molecule has 6 heteroatoms. The molecule has 4 nitrogen and oxygen atoms in total. The van der Waals surface area contributed by atoms with Gasteiger partial charge in [-0.05, 0) is 44.2 Å². The number of halogens is 1. The Kier molecular flexibility index (Phi) is 4.68. The number of thiophene rings is 1. The molecule has 1 aliphatic heterocycles. The van der Waals surface area contributed by atoms with Crippen LogP contribution in [0.4, 0.5) is 9.18 Å². The monoisotopic (exact) mass is 313 g/mol. The zero-order valence-electron chi connectivity index (χ0n) is 12.4. The molecule has 1 aromatic heterocycles. The van der Waals surface area contributed by atoms with E-state index in [0.717, 1.165) is 5.57 Å². The van der Waals surface area contributed by atoms with E-state index in [2.05, 4.69) is 11.9 Å². The highest BCUT2D eigenvalue weighted by atomic mass is 32.1. The number of carbonyl (C=O) groups excluding carboxylic acids is 1. The van der Waals surface area contributed by atoms with Crippen molar-refractivity contribution in [1.82, 2.24) is 5.32 Å². The van der Waals surface area contributed by atoms with Crippen molar-refractivity contribution in [3.05, 3.63) is 34.3 Å². The molecule has 1 N–H and O–H groups in total. The van der Waals surface area contributed by atoms with Crippen molar-refractivity contribution >= 4 is 17.4 Å². The second-order valence-electron chi connectivity index (χ2n) is 6.07. The molecule has 0 spiro atoms. The molecular weight excluding hydrogens is 293 g/mol. The number of hydrogen-bond acceptors (Lipinski definition) is 4. The first-order valence-electron chi connectivity index (χ1n) is 6.77. The van der Waals surface area contributed by atoms with E-state index in [4.69, 9.17) is 9.47 Å². The molecule has 0 unspecified atom stereocenters. The van der Waals surface area contributed by atoms with Gasteiger partial charge in [-0.3, -0.25) is 0 Å². The van der Waals surface area contributed by atoms with Crippen molar-refractivity contribution in [2.75, 3.05) is 6.61 Å². The van der Waals surface area contributed by atoms with E-state index < -0.39 is 17.8 Å². The molecule has 116 valence electrons. The molecule has 2 heterocycles. The van der Waals surface area contributed by atoms with Crippen molar-refractivity contribution < 1.29 is 18.7 Å². The van der Waals surface area contributed by atoms with Gasteiger partial charge < -0.3 is 14.8 Å². The van der Waals surface area contributed by atoms with Crippen LogP contribution in [0, 0.1) is 5.82 Å². The summed E-state index contributed by atoms with van der Waals surface area (Å²) in [7, 11) is 0. The lowest BCUT2D eigenvalue weighted by molar-refractivity contribution is 0.00532. The Bertz CT molecular complexity index is 535. The third kappa shape index (κ3) is 4.28. The molecule has 1 saturated heterocycles. The highest BCUT2D eigenvalue weighted by molar-refractivity contribution is 7.10. The zero-order chi connectivity index (χ0) is 15.6. The van der Waals surface area contributed by atoms with Crippen molar-refractivity contribution in [2.45, 2.75) is 44.9 Å². The summed E-state index contributed by atoms with van der Waals surface area (Å²) in [6.07, 6.45) is -0.503. The summed E-state index contributed by atoms with van der Waals surface area (Å²) in [6, 6.07) is 1.02. The smallest absolute Gasteiger partial charge is 0.407 e. The Morgan fingerprint density at radius 3 is 2.86 bits per heavy atom. The van der Waals surface area contributed by atoms with Gasteiger partial charge in [0.25, 0.3) is 0 Å². The van der Waals surface area contributed by atoms with Crippen molar-refractivity contribution in [2.24, 2.45) is 0 Å². The summed E-state index contributed by atoms with van der Waals surface area (Å²) in [4.78, 5) is 12.4. The van der Waals surface area contributed by atoms with Crippen LogP contribution in [0.1, 0.15) is 38.2 Å². The van der Waals surface area contributed by atoms with Gasteiger partial charge in [0, 0.05) is 0 Å². The second-order valence-corrected chi connectivity index (χ2v) is 7.02. The molecule has 1 fully saturated rings. The van der Waals surface area contributed by atoms with E-state index in [1.807, 2.05) is 0 Å². The Hall–Kier alpha value is -1.40. The lowest BCUT2D eigenvalue weighted by Crippen LogP contribution is -2.45. The van der Waals surface area contributed by atoms with E-state index in [1.165, 1.54) is 17.4 Å². The lowest BCUT2D eigenvalue weighted by Gasteiger charge is -2.33. The van der Waals surface area contributed by atoms with Crippen molar-refractivity contribution in [3.63, 3.8) is 0 Å². The predicted molar refractivity (Wildman–Crippen MR) is 79.9 cm³/mol. The first-order valence-corrected chi connectivity index (χ1v) is 7.65. The minimum atomic E-state index is -0.583. The fourth-order valence-corrected chi connectivity index (χ4v) is 3.03. The van der Waals surface area contributed by atoms with E-state index in [9.17, 15) is 9.18 Å². The van der Waals surface area contributed by atoms with Crippen LogP contribution in [-0.2, 0) is 9.47 Å². The number of carbonyl (C=O) groups is 1. The van der Waals surface area contributed by atoms with Crippen LogP contribution in [0.5, 0.6) is 0 Å². The molecule has 0 radical (unpaired) electrons. The standard InChI is InChI=1S/C15H20FNO3S/c1-9-7-11(17-14(18)20-15(2,3)4)12(19-8-9)13-10(16)5-6-21-13/h5-6,11-12H,1,7-8H2,2-4H3,(H,17,18)/t11-,12-/m0/s1. The second kappa shape index (κ2) is 6.15. The van der Waals surface area contributed by atoms with Gasteiger partial charge in [0.15, 0.2) is 0 Å². The van der Waals surface area contributed by atoms with Crippen LogP contribution in [0.2, 0.25) is 0 Å². The van der Waals surface area contributed by atoms with Gasteiger partial charge in [0.2, 0.25) is 0 Å². The Balaban J connectivity index is 2.11. The quantitative estimate of drug-likeness (QED) is 0.845. The number of alkyl carbamates (subject to hydrolysis) is 1. The molecule has 0 aromatic carbocycles. The summed E-state index contributed by atoms with van der Waals surface area (Å²) in [5, 5.41) is 4.43. The number of hydrogen-bond donors (Lipinski definition) is 1. The zero-order valence-corrected chi connectivity index (χ0v) is 13.3. The molecule has 0 bridgehead atoms. The first-order chi connectivity index (χ1) is 9.76. The van der Waals surface area contributed by atoms with Crippen LogP contribution in [-0.4, -0.2) is 24.3 Å². The molecule has 21 heavy (non-hydrogen) atoms. The normalized spacial score (nSPS) is 23.0. The number of ether oxygens (including phenoxy) is 2. The van der Waals surface area contributed by atoms with E-state index in [0.29, 0.717) is 17.9 Å². The molecule has 2 rings (SSSR count). The fraction of sp³-hybridized carbons (Fsp3) is 0.533. The average Bonchev–Trinajstić information content (AvgIpc) is 2.73. The maximum atomic E-state index is 13.8. The fourth-order valence-electron chi connectivity index (χ4n) is 2.15. The van der Waals surface area contributed by atoms with Gasteiger partial charge in [-0.1, -0.05) is 6.58 Å². The molecule has 2 atom stereocenters. The number of rotatable bonds is 2. The van der Waals surface area contributed by atoms with Gasteiger partial charge in [-0.25, -0.2) is 9.18 Å². The first kappa shape index (κ1) is 16.0. The topological polar surface area (TPSA) is 47.6 Å². The highest BCUT2D eigenvalue weighted by Gasteiger charge is 2.34. The summed E-state index contributed by atoms with van der Waals surface area (Å²) in [5.41, 5.74) is 0.282. The Morgan fingerprint density at radius 1 is 1.57 bits per heavy atom. The molecular formula is C15H20FNO3S. The van der Waals surface area contributed by atoms with Gasteiger partial charge in [-0.2, -0.15) is 0 Å². The van der Waals surface area contributed by atoms with Gasteiger partial charge in [0.1, 0.15) is 17.5 Å². The minimum absolute atomic E-state index is 0.312. The molecule has 1 aliphatic rings. The van der Waals surface area contributed by atoms with Gasteiger partial charge >= 0.3 is 6.09 Å². The van der Waals surface area contributed by atoms with E-state index in [1.54, 1.807) is 26.2 Å². The summed E-state index contributed by atoms with van der Waals surface area (Å²) < 4.78 is 24.7. The minimum Gasteiger partial charge on any atom is -0.444 e. The number of amides is 1. The average molecular weight is 313 g/mol. The van der Waals surface area contributed by atoms with Gasteiger partial charge in [-0.15, -0.1) is 11.3 Å². The Labute approximate surface area is 127 Å². The van der Waals surface area contributed by atoms with Gasteiger partial charge in [0.05, 0.1) is 17.5 Å². The van der Waals surface area contributed by atoms with E-state index in [-0.39, 0.29) is 11.9 Å². The van der Waals surface area contributed by atoms with Crippen LogP contribution in [0.15, 0.2) is 23.6 Å². The van der Waals surface area contributed by atoms with Crippen molar-refractivity contribution in [3.8, 4) is 0 Å². The molecule has 1 aromatic rings. The molecule has 1 amide bonds. The third-order valence-corrected chi connectivity index (χ3v) is 3.90. The summed E-state index contributed by atoms with van der Waals surface area (Å²) in [6.45, 7) is 9.62. The highest BCUT2D eigenvalue weighted by Crippen LogP contribution is 2.34. The summed E-state index contributed by atoms with van der Waals surface area (Å²) >= 11 is 1.28. The molecule has 0 aliphatic carbocycles.